The van der Waals surface area contributed by atoms with E-state index >= 15 is 0 Å². The largest absolute Gasteiger partial charge is 0.497 e. The molecule has 0 radical (unpaired) electrons. The van der Waals surface area contributed by atoms with Crippen LogP contribution in [-0.2, 0) is 4.79 Å². The minimum absolute atomic E-state index is 0.103. The Hall–Kier alpha value is -1.91. The third-order valence-electron chi connectivity index (χ3n) is 3.89. The van der Waals surface area contributed by atoms with Gasteiger partial charge in [0.25, 0.3) is 0 Å². The van der Waals surface area contributed by atoms with Crippen molar-refractivity contribution in [3.05, 3.63) is 74.4 Å². The fourth-order valence-corrected chi connectivity index (χ4v) is 4.94. The molecule has 0 spiro atoms. The van der Waals surface area contributed by atoms with E-state index in [-0.39, 0.29) is 5.78 Å². The number of methoxy groups -OCH3 is 1. The smallest absolute Gasteiger partial charge is 0.202 e. The van der Waals surface area contributed by atoms with Crippen LogP contribution in [-0.4, -0.2) is 18.6 Å². The topological polar surface area (TPSA) is 26.3 Å². The Labute approximate surface area is 157 Å². The first kappa shape index (κ1) is 17.9. The lowest BCUT2D eigenvalue weighted by Gasteiger charge is -2.05. The normalized spacial score (nSPS) is 16.0. The van der Waals surface area contributed by atoms with Crippen molar-refractivity contribution in [1.29, 1.82) is 0 Å². The van der Waals surface area contributed by atoms with E-state index in [2.05, 4.69) is 26.0 Å². The molecule has 2 aromatic rings. The maximum absolute atomic E-state index is 13.0. The molecule has 0 aromatic heterocycles. The van der Waals surface area contributed by atoms with Gasteiger partial charge in [-0.25, -0.2) is 0 Å². The Balaban J connectivity index is 1.95. The molecule has 0 saturated heterocycles. The number of rotatable bonds is 5. The molecule has 0 aliphatic carbocycles. The number of hydrogen-bond donors (Lipinski definition) is 0. The highest BCUT2D eigenvalue weighted by atomic mass is 32.2. The van der Waals surface area contributed by atoms with Crippen molar-refractivity contribution in [3.8, 4) is 5.75 Å². The summed E-state index contributed by atoms with van der Waals surface area (Å²) in [6.45, 7) is 4.17. The van der Waals surface area contributed by atoms with Crippen LogP contribution >= 0.6 is 23.5 Å². The van der Waals surface area contributed by atoms with Crippen molar-refractivity contribution in [2.75, 3.05) is 12.9 Å². The number of ether oxygens (including phenoxy) is 1. The fraction of sp³-hybridized carbons (Fsp3) is 0.190. The van der Waals surface area contributed by atoms with Crippen molar-refractivity contribution < 1.29 is 9.53 Å². The zero-order chi connectivity index (χ0) is 17.8. The van der Waals surface area contributed by atoms with Gasteiger partial charge in [0.05, 0.1) is 21.8 Å². The molecule has 0 atom stereocenters. The van der Waals surface area contributed by atoms with Crippen molar-refractivity contribution in [1.82, 2.24) is 0 Å². The van der Waals surface area contributed by atoms with Crippen LogP contribution in [0.3, 0.4) is 0 Å². The minimum atomic E-state index is 0.103. The van der Waals surface area contributed by atoms with Crippen LogP contribution in [0.2, 0.25) is 0 Å². The second kappa shape index (κ2) is 7.98. The lowest BCUT2D eigenvalue weighted by molar-refractivity contribution is -0.109. The van der Waals surface area contributed by atoms with E-state index < -0.39 is 0 Å². The molecule has 0 saturated carbocycles. The summed E-state index contributed by atoms with van der Waals surface area (Å²) in [4.78, 5) is 13.8. The maximum atomic E-state index is 13.0. The third kappa shape index (κ3) is 4.02. The summed E-state index contributed by atoms with van der Waals surface area (Å²) in [7, 11) is 1.64. The summed E-state index contributed by atoms with van der Waals surface area (Å²) < 4.78 is 6.30. The molecule has 1 aliphatic rings. The Morgan fingerprint density at radius 3 is 2.36 bits per heavy atom. The quantitative estimate of drug-likeness (QED) is 0.625. The molecule has 0 bridgehead atoms. The van der Waals surface area contributed by atoms with Crippen LogP contribution in [0, 0.1) is 6.92 Å². The highest BCUT2D eigenvalue weighted by molar-refractivity contribution is 8.25. The predicted octanol–water partition coefficient (Wildman–Crippen LogP) is 5.78. The molecule has 128 valence electrons. The summed E-state index contributed by atoms with van der Waals surface area (Å²) >= 11 is 3.30. The molecule has 0 unspecified atom stereocenters. The molecular weight excluding hydrogens is 348 g/mol. The summed E-state index contributed by atoms with van der Waals surface area (Å²) in [5.41, 5.74) is 4.02. The molecule has 1 aliphatic heterocycles. The number of aryl methyl sites for hydroxylation is 1. The summed E-state index contributed by atoms with van der Waals surface area (Å²) in [6.07, 6.45) is 1.99. The first-order valence-corrected chi connectivity index (χ1v) is 9.95. The van der Waals surface area contributed by atoms with Crippen molar-refractivity contribution in [2.24, 2.45) is 0 Å². The van der Waals surface area contributed by atoms with E-state index in [1.807, 2.05) is 42.5 Å². The SMILES string of the molecule is CCSC1=C(c2ccc(OC)cc2)C(=O)/C(=C/c2ccc(C)cc2)S1. The number of ketones is 1. The predicted molar refractivity (Wildman–Crippen MR) is 110 cm³/mol. The van der Waals surface area contributed by atoms with E-state index in [0.29, 0.717) is 0 Å². The molecule has 0 N–H and O–H groups in total. The molecular formula is C21H20O2S2. The van der Waals surface area contributed by atoms with Crippen LogP contribution < -0.4 is 4.74 Å². The minimum Gasteiger partial charge on any atom is -0.497 e. The number of hydrogen-bond acceptors (Lipinski definition) is 4. The van der Waals surface area contributed by atoms with Gasteiger partial charge in [0.2, 0.25) is 5.78 Å². The van der Waals surface area contributed by atoms with Crippen molar-refractivity contribution in [2.45, 2.75) is 13.8 Å². The van der Waals surface area contributed by atoms with Crippen molar-refractivity contribution in [3.63, 3.8) is 0 Å². The average molecular weight is 369 g/mol. The van der Waals surface area contributed by atoms with Gasteiger partial charge < -0.3 is 4.74 Å². The second-order valence-corrected chi connectivity index (χ2v) is 8.26. The monoisotopic (exact) mass is 368 g/mol. The molecule has 2 nitrogen and oxygen atoms in total. The maximum Gasteiger partial charge on any atom is 0.202 e. The highest BCUT2D eigenvalue weighted by Crippen LogP contribution is 2.49. The zero-order valence-electron chi connectivity index (χ0n) is 14.5. The molecule has 1 heterocycles. The molecule has 3 rings (SSSR count). The van der Waals surface area contributed by atoms with Crippen LogP contribution in [0.1, 0.15) is 23.6 Å². The van der Waals surface area contributed by atoms with E-state index in [1.165, 1.54) is 5.56 Å². The van der Waals surface area contributed by atoms with E-state index in [9.17, 15) is 4.79 Å². The van der Waals surface area contributed by atoms with Gasteiger partial charge in [-0.05, 0) is 42.0 Å². The fourth-order valence-electron chi connectivity index (χ4n) is 2.56. The summed E-state index contributed by atoms with van der Waals surface area (Å²) in [6, 6.07) is 15.9. The second-order valence-electron chi connectivity index (χ2n) is 5.67. The van der Waals surface area contributed by atoms with Gasteiger partial charge in [-0.3, -0.25) is 4.79 Å². The van der Waals surface area contributed by atoms with Gasteiger partial charge in [0, 0.05) is 0 Å². The van der Waals surface area contributed by atoms with Gasteiger partial charge in [-0.15, -0.1) is 11.8 Å². The number of allylic oxidation sites excluding steroid dienone is 2. The van der Waals surface area contributed by atoms with E-state index in [0.717, 1.165) is 37.3 Å². The Kier molecular flexibility index (Phi) is 5.71. The number of benzene rings is 2. The van der Waals surface area contributed by atoms with E-state index in [4.69, 9.17) is 4.74 Å². The Morgan fingerprint density at radius 1 is 1.08 bits per heavy atom. The molecule has 4 heteroatoms. The lowest BCUT2D eigenvalue weighted by Crippen LogP contribution is -1.98. The first-order chi connectivity index (χ1) is 12.1. The van der Waals surface area contributed by atoms with Gasteiger partial charge >= 0.3 is 0 Å². The molecule has 0 amide bonds. The average Bonchev–Trinajstić information content (AvgIpc) is 2.93. The molecule has 2 aromatic carbocycles. The third-order valence-corrected chi connectivity index (χ3v) is 6.16. The van der Waals surface area contributed by atoms with Crippen LogP contribution in [0.5, 0.6) is 5.75 Å². The van der Waals surface area contributed by atoms with Gasteiger partial charge in [-0.2, -0.15) is 0 Å². The summed E-state index contributed by atoms with van der Waals surface area (Å²) in [5.74, 6) is 1.84. The number of Topliss-reactive ketones (excluding diaryl/α,β-unsaturated/α-hetero) is 1. The standard InChI is InChI=1S/C21H20O2S2/c1-4-24-21-19(16-9-11-17(23-3)12-10-16)20(22)18(25-21)13-15-7-5-14(2)6-8-15/h5-13H,4H2,1-3H3/b18-13-. The number of carbonyl (C=O) groups excluding carboxylic acids is 1. The molecule has 0 fully saturated rings. The number of carbonyl (C=O) groups is 1. The highest BCUT2D eigenvalue weighted by Gasteiger charge is 2.30. The first-order valence-electron chi connectivity index (χ1n) is 8.14. The van der Waals surface area contributed by atoms with Crippen LogP contribution in [0.15, 0.2) is 57.7 Å². The summed E-state index contributed by atoms with van der Waals surface area (Å²) in [5, 5.41) is 0. The van der Waals surface area contributed by atoms with Gasteiger partial charge in [0.1, 0.15) is 5.75 Å². The van der Waals surface area contributed by atoms with Crippen LogP contribution in [0.25, 0.3) is 11.6 Å². The zero-order valence-corrected chi connectivity index (χ0v) is 16.2. The Morgan fingerprint density at radius 2 is 1.76 bits per heavy atom. The van der Waals surface area contributed by atoms with Gasteiger partial charge in [-0.1, -0.05) is 60.6 Å². The van der Waals surface area contributed by atoms with Gasteiger partial charge in [0.15, 0.2) is 0 Å². The van der Waals surface area contributed by atoms with Crippen LogP contribution in [0.4, 0.5) is 0 Å². The lowest BCUT2D eigenvalue weighted by atomic mass is 10.0. The Bertz CT molecular complexity index is 831. The van der Waals surface area contributed by atoms with E-state index in [1.54, 1.807) is 30.6 Å². The van der Waals surface area contributed by atoms with Crippen molar-refractivity contribution >= 4 is 41.0 Å². The number of thioether (sulfide) groups is 2. The molecule has 25 heavy (non-hydrogen) atoms.